The van der Waals surface area contributed by atoms with Crippen LogP contribution in [0.4, 0.5) is 5.82 Å². The average molecular weight is 565 g/mol. The van der Waals surface area contributed by atoms with Gasteiger partial charge in [-0.15, -0.1) is 0 Å². The fourth-order valence-corrected chi connectivity index (χ4v) is 5.60. The van der Waals surface area contributed by atoms with E-state index in [-0.39, 0.29) is 18.2 Å². The molecule has 0 spiro atoms. The number of para-hydroxylation sites is 1. The summed E-state index contributed by atoms with van der Waals surface area (Å²) >= 11 is 0. The molecule has 1 aliphatic heterocycles. The quantitative estimate of drug-likeness (QED) is 0.287. The Balaban J connectivity index is 1.33. The maximum absolute atomic E-state index is 13.4. The number of hydrogen-bond acceptors (Lipinski definition) is 8. The number of aromatic nitrogens is 6. The van der Waals surface area contributed by atoms with Gasteiger partial charge < -0.3 is 11.1 Å². The first-order valence-electron chi connectivity index (χ1n) is 14.1. The van der Waals surface area contributed by atoms with E-state index >= 15 is 0 Å². The van der Waals surface area contributed by atoms with Gasteiger partial charge in [0.2, 0.25) is 0 Å². The molecule has 0 bridgehead atoms. The Morgan fingerprint density at radius 2 is 1.76 bits per heavy atom. The zero-order valence-corrected chi connectivity index (χ0v) is 23.5. The number of piperidine rings is 1. The van der Waals surface area contributed by atoms with Crippen LogP contribution >= 0.6 is 0 Å². The largest absolute Gasteiger partial charge is 0.382 e. The predicted octanol–water partition coefficient (Wildman–Crippen LogP) is 3.16. The Morgan fingerprint density at radius 1 is 1.05 bits per heavy atom. The van der Waals surface area contributed by atoms with Crippen molar-refractivity contribution < 1.29 is 4.79 Å². The van der Waals surface area contributed by atoms with Gasteiger partial charge in [-0.3, -0.25) is 9.59 Å². The lowest BCUT2D eigenvalue weighted by Crippen LogP contribution is -2.44. The smallest absolute Gasteiger partial charge is 0.352 e. The minimum Gasteiger partial charge on any atom is -0.382 e. The van der Waals surface area contributed by atoms with E-state index in [9.17, 15) is 14.4 Å². The van der Waals surface area contributed by atoms with Crippen molar-refractivity contribution in [1.82, 2.24) is 34.3 Å². The normalized spacial score (nSPS) is 14.1. The molecule has 0 atom stereocenters. The Bertz CT molecular complexity index is 1880. The van der Waals surface area contributed by atoms with Gasteiger partial charge in [0.05, 0.1) is 11.7 Å². The number of nitrogen functional groups attached to an aromatic ring is 1. The van der Waals surface area contributed by atoms with Crippen LogP contribution in [0, 0.1) is 0 Å². The summed E-state index contributed by atoms with van der Waals surface area (Å²) in [6.07, 6.45) is 3.46. The molecule has 2 aromatic carbocycles. The van der Waals surface area contributed by atoms with E-state index < -0.39 is 17.0 Å². The molecule has 0 unspecified atom stereocenters. The van der Waals surface area contributed by atoms with Crippen LogP contribution in [-0.4, -0.2) is 47.8 Å². The summed E-state index contributed by atoms with van der Waals surface area (Å²) in [6.45, 7) is 5.47. The number of ketones is 1. The van der Waals surface area contributed by atoms with Crippen molar-refractivity contribution in [3.63, 3.8) is 0 Å². The number of anilines is 1. The minimum absolute atomic E-state index is 0.0459. The molecule has 11 heteroatoms. The molecule has 0 aliphatic carbocycles. The lowest BCUT2D eigenvalue weighted by atomic mass is 9.94. The molecular weight excluding hydrogens is 532 g/mol. The number of Topliss-reactive ketones (excluding diaryl/α,β-unsaturated/α-hetero) is 1. The van der Waals surface area contributed by atoms with Gasteiger partial charge in [0.1, 0.15) is 11.8 Å². The second-order valence-corrected chi connectivity index (χ2v) is 10.9. The molecule has 0 amide bonds. The molecule has 0 saturated carbocycles. The van der Waals surface area contributed by atoms with Crippen molar-refractivity contribution in [1.29, 1.82) is 0 Å². The highest BCUT2D eigenvalue weighted by molar-refractivity contribution is 5.95. The van der Waals surface area contributed by atoms with E-state index in [4.69, 9.17) is 5.73 Å². The summed E-state index contributed by atoms with van der Waals surface area (Å²) in [7, 11) is 0. The van der Waals surface area contributed by atoms with Gasteiger partial charge in [0.15, 0.2) is 17.3 Å². The summed E-state index contributed by atoms with van der Waals surface area (Å²) in [5.74, 6) is 0.299. The molecule has 1 fully saturated rings. The Kier molecular flexibility index (Phi) is 7.26. The Labute approximate surface area is 241 Å². The minimum atomic E-state index is -0.731. The number of fused-ring (bicyclic) bond motifs is 1. The third kappa shape index (κ3) is 4.92. The van der Waals surface area contributed by atoms with Gasteiger partial charge in [-0.2, -0.15) is 10.2 Å². The zero-order chi connectivity index (χ0) is 29.4. The lowest BCUT2D eigenvalue weighted by Gasteiger charge is -2.22. The van der Waals surface area contributed by atoms with Crippen molar-refractivity contribution in [2.75, 3.05) is 18.8 Å². The monoisotopic (exact) mass is 564 g/mol. The summed E-state index contributed by atoms with van der Waals surface area (Å²) in [5, 5.41) is 12.1. The second-order valence-electron chi connectivity index (χ2n) is 10.9. The summed E-state index contributed by atoms with van der Waals surface area (Å²) in [6, 6.07) is 17.9. The average Bonchev–Trinajstić information content (AvgIpc) is 3.39. The molecule has 4 heterocycles. The molecule has 3 N–H and O–H groups in total. The maximum atomic E-state index is 13.4. The molecule has 6 rings (SSSR count). The van der Waals surface area contributed by atoms with Gasteiger partial charge in [-0.25, -0.2) is 23.5 Å². The van der Waals surface area contributed by atoms with Crippen LogP contribution in [0.1, 0.15) is 60.4 Å². The number of carbonyl (C=O) groups excluding carboxylic acids is 1. The van der Waals surface area contributed by atoms with Crippen LogP contribution in [0.15, 0.2) is 76.6 Å². The van der Waals surface area contributed by atoms with Gasteiger partial charge in [-0.1, -0.05) is 42.5 Å². The van der Waals surface area contributed by atoms with Crippen LogP contribution in [0.25, 0.3) is 22.3 Å². The topological polar surface area (TPSA) is 142 Å². The van der Waals surface area contributed by atoms with E-state index in [1.807, 2.05) is 28.8 Å². The van der Waals surface area contributed by atoms with Crippen molar-refractivity contribution in [2.45, 2.75) is 45.1 Å². The van der Waals surface area contributed by atoms with Gasteiger partial charge in [-0.05, 0) is 69.1 Å². The Morgan fingerprint density at radius 3 is 2.45 bits per heavy atom. The van der Waals surface area contributed by atoms with Gasteiger partial charge >= 0.3 is 5.69 Å². The first kappa shape index (κ1) is 27.3. The SMILES string of the molecule is CC(C)n1nc(C(=O)Cc2ccc(-c3cc(C4CCNCC4)n4ncnc(N)c34)cc2)c(=O)n(-c2ccccc2)c1=O. The molecule has 5 aromatic rings. The third-order valence-corrected chi connectivity index (χ3v) is 7.77. The lowest BCUT2D eigenvalue weighted by molar-refractivity contribution is 0.0982. The second kappa shape index (κ2) is 11.2. The third-order valence-electron chi connectivity index (χ3n) is 7.77. The fourth-order valence-electron chi connectivity index (χ4n) is 5.60. The van der Waals surface area contributed by atoms with Crippen molar-refractivity contribution >= 4 is 17.1 Å². The van der Waals surface area contributed by atoms with Gasteiger partial charge in [0.25, 0.3) is 5.56 Å². The van der Waals surface area contributed by atoms with Crippen LogP contribution < -0.4 is 22.3 Å². The molecule has 1 saturated heterocycles. The molecule has 42 heavy (non-hydrogen) atoms. The number of nitrogens with one attached hydrogen (secondary N) is 1. The van der Waals surface area contributed by atoms with E-state index in [2.05, 4.69) is 26.6 Å². The summed E-state index contributed by atoms with van der Waals surface area (Å²) < 4.78 is 4.08. The molecule has 0 radical (unpaired) electrons. The number of benzene rings is 2. The van der Waals surface area contributed by atoms with Crippen LogP contribution in [-0.2, 0) is 6.42 Å². The van der Waals surface area contributed by atoms with Crippen molar-refractivity contribution in [2.24, 2.45) is 0 Å². The molecule has 214 valence electrons. The van der Waals surface area contributed by atoms with E-state index in [0.29, 0.717) is 23.0 Å². The number of carbonyl (C=O) groups is 1. The van der Waals surface area contributed by atoms with Crippen molar-refractivity contribution in [3.8, 4) is 16.8 Å². The van der Waals surface area contributed by atoms with Crippen LogP contribution in [0.5, 0.6) is 0 Å². The van der Waals surface area contributed by atoms with E-state index in [1.165, 1.54) is 11.0 Å². The number of nitrogens with two attached hydrogens (primary N) is 1. The number of nitrogens with zero attached hydrogens (tertiary/aromatic N) is 6. The highest BCUT2D eigenvalue weighted by Crippen LogP contribution is 2.35. The molecular formula is C31H32N8O3. The summed E-state index contributed by atoms with van der Waals surface area (Å²) in [4.78, 5) is 44.1. The number of hydrogen-bond donors (Lipinski definition) is 2. The predicted molar refractivity (Wildman–Crippen MR) is 160 cm³/mol. The zero-order valence-electron chi connectivity index (χ0n) is 23.5. The first-order valence-corrected chi connectivity index (χ1v) is 14.1. The van der Waals surface area contributed by atoms with Crippen LogP contribution in [0.3, 0.4) is 0 Å². The highest BCUT2D eigenvalue weighted by Gasteiger charge is 2.24. The molecule has 11 nitrogen and oxygen atoms in total. The van der Waals surface area contributed by atoms with E-state index in [0.717, 1.165) is 52.8 Å². The van der Waals surface area contributed by atoms with Gasteiger partial charge in [0, 0.05) is 23.6 Å². The Hall–Kier alpha value is -4.90. The molecule has 1 aliphatic rings. The van der Waals surface area contributed by atoms with Crippen molar-refractivity contribution in [3.05, 3.63) is 105 Å². The first-order chi connectivity index (χ1) is 20.3. The highest BCUT2D eigenvalue weighted by atomic mass is 16.2. The van der Waals surface area contributed by atoms with Crippen LogP contribution in [0.2, 0.25) is 0 Å². The fraction of sp³-hybridized carbons (Fsp3) is 0.290. The summed E-state index contributed by atoms with van der Waals surface area (Å²) in [5.41, 5.74) is 9.54. The number of rotatable bonds is 7. The van der Waals surface area contributed by atoms with E-state index in [1.54, 1.807) is 44.2 Å². The standard InChI is InChI=1S/C31H32N8O3/c1-19(2)38-31(42)37(23-6-4-3-5-7-23)30(41)27(36-38)26(40)16-20-8-10-21(11-9-20)24-17-25(22-12-14-33-15-13-22)39-28(24)29(32)34-18-35-39/h3-11,17-19,22,33H,12-16H2,1-2H3,(H2,32,34,35). The maximum Gasteiger partial charge on any atom is 0.352 e. The molecule has 3 aromatic heterocycles.